The van der Waals surface area contributed by atoms with E-state index in [0.717, 1.165) is 6.54 Å². The summed E-state index contributed by atoms with van der Waals surface area (Å²) >= 11 is 0. The Morgan fingerprint density at radius 1 is 1.53 bits per heavy atom. The van der Waals surface area contributed by atoms with E-state index in [9.17, 15) is 4.79 Å². The standard InChI is InChI=1S/C13H27N3O/c1-10(2)15(4)13(17)9-16-7-5-6-11(3)12(16)8-14/h10-12H,5-9,14H2,1-4H3. The van der Waals surface area contributed by atoms with Gasteiger partial charge in [-0.15, -0.1) is 0 Å². The number of hydrogen-bond acceptors (Lipinski definition) is 3. The summed E-state index contributed by atoms with van der Waals surface area (Å²) in [7, 11) is 1.87. The Morgan fingerprint density at radius 2 is 2.18 bits per heavy atom. The predicted octanol–water partition coefficient (Wildman–Crippen LogP) is 0.912. The van der Waals surface area contributed by atoms with E-state index in [2.05, 4.69) is 11.8 Å². The maximum absolute atomic E-state index is 12.1. The van der Waals surface area contributed by atoms with Crippen molar-refractivity contribution in [3.8, 4) is 0 Å². The zero-order valence-electron chi connectivity index (χ0n) is 11.6. The molecule has 0 aromatic rings. The van der Waals surface area contributed by atoms with Gasteiger partial charge in [-0.3, -0.25) is 9.69 Å². The van der Waals surface area contributed by atoms with Gasteiger partial charge in [0, 0.05) is 25.7 Å². The summed E-state index contributed by atoms with van der Waals surface area (Å²) < 4.78 is 0. The van der Waals surface area contributed by atoms with Crippen LogP contribution in [0.5, 0.6) is 0 Å². The van der Waals surface area contributed by atoms with E-state index < -0.39 is 0 Å². The van der Waals surface area contributed by atoms with Crippen molar-refractivity contribution in [3.05, 3.63) is 0 Å². The van der Waals surface area contributed by atoms with Crippen molar-refractivity contribution >= 4 is 5.91 Å². The molecule has 2 atom stereocenters. The van der Waals surface area contributed by atoms with Gasteiger partial charge in [0.15, 0.2) is 0 Å². The van der Waals surface area contributed by atoms with E-state index >= 15 is 0 Å². The maximum atomic E-state index is 12.1. The minimum Gasteiger partial charge on any atom is -0.342 e. The third-order valence-electron chi connectivity index (χ3n) is 3.98. The molecule has 1 aliphatic heterocycles. The van der Waals surface area contributed by atoms with Crippen molar-refractivity contribution in [1.82, 2.24) is 9.80 Å². The summed E-state index contributed by atoms with van der Waals surface area (Å²) in [6.45, 7) is 8.49. The van der Waals surface area contributed by atoms with Gasteiger partial charge < -0.3 is 10.6 Å². The largest absolute Gasteiger partial charge is 0.342 e. The first-order chi connectivity index (χ1) is 7.97. The molecule has 0 aliphatic carbocycles. The van der Waals surface area contributed by atoms with Crippen LogP contribution in [-0.2, 0) is 4.79 Å². The minimum atomic E-state index is 0.201. The molecular weight excluding hydrogens is 214 g/mol. The molecule has 1 fully saturated rings. The highest BCUT2D eigenvalue weighted by atomic mass is 16.2. The van der Waals surface area contributed by atoms with E-state index in [4.69, 9.17) is 5.73 Å². The highest BCUT2D eigenvalue weighted by molar-refractivity contribution is 5.78. The Labute approximate surface area is 105 Å². The van der Waals surface area contributed by atoms with Crippen LogP contribution in [0.3, 0.4) is 0 Å². The van der Waals surface area contributed by atoms with E-state index in [1.165, 1.54) is 12.8 Å². The first kappa shape index (κ1) is 14.5. The van der Waals surface area contributed by atoms with Crippen molar-refractivity contribution < 1.29 is 4.79 Å². The Kier molecular flexibility index (Phi) is 5.40. The third-order valence-corrected chi connectivity index (χ3v) is 3.98. The van der Waals surface area contributed by atoms with Gasteiger partial charge >= 0.3 is 0 Å². The molecule has 17 heavy (non-hydrogen) atoms. The summed E-state index contributed by atoms with van der Waals surface area (Å²) in [6, 6.07) is 0.634. The van der Waals surface area contributed by atoms with E-state index in [0.29, 0.717) is 25.0 Å². The zero-order valence-corrected chi connectivity index (χ0v) is 11.6. The van der Waals surface area contributed by atoms with Crippen LogP contribution < -0.4 is 5.73 Å². The average molecular weight is 241 g/mol. The molecule has 0 aromatic carbocycles. The molecule has 0 bridgehead atoms. The Morgan fingerprint density at radius 3 is 2.71 bits per heavy atom. The van der Waals surface area contributed by atoms with Crippen LogP contribution >= 0.6 is 0 Å². The second-order valence-corrected chi connectivity index (χ2v) is 5.49. The van der Waals surface area contributed by atoms with Crippen molar-refractivity contribution in [2.45, 2.75) is 45.7 Å². The van der Waals surface area contributed by atoms with Gasteiger partial charge in [0.1, 0.15) is 0 Å². The monoisotopic (exact) mass is 241 g/mol. The number of likely N-dealkylation sites (N-methyl/N-ethyl adjacent to an activating group) is 1. The van der Waals surface area contributed by atoms with E-state index in [1.807, 2.05) is 25.8 Å². The number of carbonyl (C=O) groups excluding carboxylic acids is 1. The fourth-order valence-electron chi connectivity index (χ4n) is 2.49. The van der Waals surface area contributed by atoms with Crippen molar-refractivity contribution in [2.24, 2.45) is 11.7 Å². The smallest absolute Gasteiger partial charge is 0.236 e. The highest BCUT2D eigenvalue weighted by Gasteiger charge is 2.29. The molecule has 4 nitrogen and oxygen atoms in total. The van der Waals surface area contributed by atoms with E-state index in [-0.39, 0.29) is 11.9 Å². The van der Waals surface area contributed by atoms with Crippen molar-refractivity contribution in [1.29, 1.82) is 0 Å². The van der Waals surface area contributed by atoms with Gasteiger partial charge in [-0.25, -0.2) is 0 Å². The molecule has 100 valence electrons. The Bertz CT molecular complexity index is 255. The topological polar surface area (TPSA) is 49.6 Å². The molecule has 2 N–H and O–H groups in total. The fraction of sp³-hybridized carbons (Fsp3) is 0.923. The molecule has 0 spiro atoms. The molecule has 0 saturated carbocycles. The van der Waals surface area contributed by atoms with Crippen LogP contribution in [-0.4, -0.2) is 54.5 Å². The summed E-state index contributed by atoms with van der Waals surface area (Å²) in [6.07, 6.45) is 2.41. The SMILES string of the molecule is CC1CCCN(CC(=O)N(C)C(C)C)C1CN. The lowest BCUT2D eigenvalue weighted by Crippen LogP contribution is -2.52. The summed E-state index contributed by atoms with van der Waals surface area (Å²) in [5.74, 6) is 0.804. The number of amides is 1. The average Bonchev–Trinajstić information content (AvgIpc) is 2.28. The van der Waals surface area contributed by atoms with Crippen LogP contribution in [0.1, 0.15) is 33.6 Å². The van der Waals surface area contributed by atoms with Gasteiger partial charge in [0.25, 0.3) is 0 Å². The van der Waals surface area contributed by atoms with Gasteiger partial charge in [-0.1, -0.05) is 6.92 Å². The van der Waals surface area contributed by atoms with Gasteiger partial charge in [0.2, 0.25) is 5.91 Å². The molecule has 1 amide bonds. The number of hydrogen-bond donors (Lipinski definition) is 1. The zero-order chi connectivity index (χ0) is 13.0. The van der Waals surface area contributed by atoms with Gasteiger partial charge in [-0.2, -0.15) is 0 Å². The quantitative estimate of drug-likeness (QED) is 0.796. The molecule has 0 aromatic heterocycles. The molecule has 1 heterocycles. The van der Waals surface area contributed by atoms with Crippen LogP contribution in [0.25, 0.3) is 0 Å². The number of nitrogens with two attached hydrogens (primary N) is 1. The predicted molar refractivity (Wildman–Crippen MR) is 70.7 cm³/mol. The summed E-state index contributed by atoms with van der Waals surface area (Å²) in [4.78, 5) is 16.1. The lowest BCUT2D eigenvalue weighted by molar-refractivity contribution is -0.133. The summed E-state index contributed by atoms with van der Waals surface area (Å²) in [5, 5.41) is 0. The number of piperidine rings is 1. The molecule has 2 unspecified atom stereocenters. The Balaban J connectivity index is 2.57. The molecular formula is C13H27N3O. The first-order valence-corrected chi connectivity index (χ1v) is 6.67. The number of nitrogens with zero attached hydrogens (tertiary/aromatic N) is 2. The normalized spacial score (nSPS) is 26.2. The molecule has 4 heteroatoms. The summed E-state index contributed by atoms with van der Waals surface area (Å²) in [5.41, 5.74) is 5.83. The lowest BCUT2D eigenvalue weighted by atomic mass is 9.91. The van der Waals surface area contributed by atoms with Crippen LogP contribution in [0.2, 0.25) is 0 Å². The molecule has 0 radical (unpaired) electrons. The highest BCUT2D eigenvalue weighted by Crippen LogP contribution is 2.22. The minimum absolute atomic E-state index is 0.201. The van der Waals surface area contributed by atoms with Crippen LogP contribution in [0, 0.1) is 5.92 Å². The van der Waals surface area contributed by atoms with Crippen molar-refractivity contribution in [3.63, 3.8) is 0 Å². The molecule has 1 aliphatic rings. The number of carbonyl (C=O) groups is 1. The van der Waals surface area contributed by atoms with Crippen molar-refractivity contribution in [2.75, 3.05) is 26.7 Å². The van der Waals surface area contributed by atoms with Gasteiger partial charge in [-0.05, 0) is 39.2 Å². The van der Waals surface area contributed by atoms with Crippen LogP contribution in [0.4, 0.5) is 0 Å². The van der Waals surface area contributed by atoms with Gasteiger partial charge in [0.05, 0.1) is 6.54 Å². The maximum Gasteiger partial charge on any atom is 0.236 e. The second kappa shape index (κ2) is 6.36. The van der Waals surface area contributed by atoms with E-state index in [1.54, 1.807) is 0 Å². The van der Waals surface area contributed by atoms with Crippen LogP contribution in [0.15, 0.2) is 0 Å². The number of rotatable bonds is 4. The first-order valence-electron chi connectivity index (χ1n) is 6.67. The Hall–Kier alpha value is -0.610. The fourth-order valence-corrected chi connectivity index (χ4v) is 2.49. The third kappa shape index (κ3) is 3.68. The molecule has 1 saturated heterocycles. The molecule has 1 rings (SSSR count). The lowest BCUT2D eigenvalue weighted by Gasteiger charge is -2.39. The number of likely N-dealkylation sites (tertiary alicyclic amines) is 1. The second-order valence-electron chi connectivity index (χ2n) is 5.49.